The Morgan fingerprint density at radius 2 is 1.88 bits per heavy atom. The Kier molecular flexibility index (Phi) is 5.25. The van der Waals surface area contributed by atoms with E-state index in [1.165, 1.54) is 4.68 Å². The molecule has 0 radical (unpaired) electrons. The molecule has 8 heteroatoms. The summed E-state index contributed by atoms with van der Waals surface area (Å²) in [5.74, 6) is -0.229. The van der Waals surface area contributed by atoms with Crippen LogP contribution in [-0.4, -0.2) is 16.4 Å². The summed E-state index contributed by atoms with van der Waals surface area (Å²) in [7, 11) is 0. The van der Waals surface area contributed by atoms with Gasteiger partial charge in [0, 0.05) is 22.8 Å². The van der Waals surface area contributed by atoms with Crippen LogP contribution in [0, 0.1) is 0 Å². The quantitative estimate of drug-likeness (QED) is 0.530. The number of thioether (sulfide) groups is 1. The molecule has 1 amide bonds. The number of aromatic nitrogens is 2. The van der Waals surface area contributed by atoms with Gasteiger partial charge in [-0.3, -0.25) is 9.32 Å². The number of anilines is 1. The maximum atomic E-state index is 12.4. The third-order valence-electron chi connectivity index (χ3n) is 3.39. The Bertz CT molecular complexity index is 922. The minimum Gasteiger partial charge on any atom is -0.325 e. The highest BCUT2D eigenvalue weighted by molar-refractivity contribution is 8.00. The highest BCUT2D eigenvalue weighted by atomic mass is 35.5. The summed E-state index contributed by atoms with van der Waals surface area (Å²) < 4.78 is 6.39. The van der Waals surface area contributed by atoms with E-state index in [1.54, 1.807) is 31.2 Å². The molecule has 3 aromatic rings. The van der Waals surface area contributed by atoms with Crippen molar-refractivity contribution in [3.8, 4) is 5.69 Å². The lowest BCUT2D eigenvalue weighted by atomic mass is 10.3. The predicted octanol–water partition coefficient (Wildman–Crippen LogP) is 3.02. The van der Waals surface area contributed by atoms with Crippen LogP contribution in [0.15, 0.2) is 68.9 Å². The van der Waals surface area contributed by atoms with Crippen LogP contribution in [0.3, 0.4) is 0 Å². The lowest BCUT2D eigenvalue weighted by Gasteiger charge is -2.09. The molecule has 1 heterocycles. The molecule has 2 aromatic carbocycles. The van der Waals surface area contributed by atoms with E-state index in [0.29, 0.717) is 15.7 Å². The van der Waals surface area contributed by atoms with Gasteiger partial charge in [0.2, 0.25) is 11.6 Å². The highest BCUT2D eigenvalue weighted by Gasteiger charge is 2.28. The van der Waals surface area contributed by atoms with Crippen LogP contribution in [0.25, 0.3) is 5.69 Å². The topological polar surface area (TPSA) is 79.0 Å². The molecular weight excluding hydrogens is 362 g/mol. The summed E-state index contributed by atoms with van der Waals surface area (Å²) >= 11 is 6.95. The first-order valence-electron chi connectivity index (χ1n) is 7.46. The van der Waals surface area contributed by atoms with Gasteiger partial charge in [0.1, 0.15) is 0 Å². The van der Waals surface area contributed by atoms with Gasteiger partial charge in [-0.15, -0.1) is 0 Å². The second kappa shape index (κ2) is 7.58. The highest BCUT2D eigenvalue weighted by Crippen LogP contribution is 2.20. The first-order valence-corrected chi connectivity index (χ1v) is 8.72. The van der Waals surface area contributed by atoms with Gasteiger partial charge in [-0.05, 0) is 52.9 Å². The van der Waals surface area contributed by atoms with Crippen LogP contribution < -0.4 is 15.6 Å². The number of para-hydroxylation sites is 1. The molecule has 25 heavy (non-hydrogen) atoms. The van der Waals surface area contributed by atoms with Gasteiger partial charge >= 0.3 is 10.7 Å². The number of halogens is 1. The summed E-state index contributed by atoms with van der Waals surface area (Å²) in [5.41, 5.74) is 0.847. The average molecular weight is 377 g/mol. The van der Waals surface area contributed by atoms with Gasteiger partial charge in [-0.1, -0.05) is 29.8 Å². The number of rotatable bonds is 5. The zero-order chi connectivity index (χ0) is 17.8. The predicted molar refractivity (Wildman–Crippen MR) is 96.3 cm³/mol. The van der Waals surface area contributed by atoms with Crippen molar-refractivity contribution >= 4 is 35.0 Å². The number of H-pyrrole nitrogens is 1. The van der Waals surface area contributed by atoms with Gasteiger partial charge in [0.05, 0.1) is 5.25 Å². The number of aromatic amines is 1. The summed E-state index contributed by atoms with van der Waals surface area (Å²) in [6, 6.07) is 16.0. The summed E-state index contributed by atoms with van der Waals surface area (Å²) in [4.78, 5) is 24.3. The number of hydrogen-bond acceptors (Lipinski definition) is 4. The number of hydrogen-bond donors (Lipinski definition) is 2. The fourth-order valence-corrected chi connectivity index (χ4v) is 3.12. The molecule has 0 bridgehead atoms. The molecular formula is C17H15ClN3O3S+. The van der Waals surface area contributed by atoms with Gasteiger partial charge in [0.25, 0.3) is 0 Å². The molecule has 0 aliphatic rings. The number of nitrogens with zero attached hydrogens (tertiary/aromatic N) is 1. The van der Waals surface area contributed by atoms with E-state index in [4.69, 9.17) is 16.1 Å². The standard InChI is InChI=1S/C17H14ClN3O3S/c1-11(15(22)19-13-9-7-12(18)8-10-13)25-16-17(23)24-20-21(16)14-5-3-2-4-6-14/h2-11H,1H3,(H-,19,20,22,23)/p+1. The molecule has 0 aliphatic heterocycles. The van der Waals surface area contributed by atoms with Crippen molar-refractivity contribution in [1.29, 1.82) is 0 Å². The van der Waals surface area contributed by atoms with E-state index >= 15 is 0 Å². The largest absolute Gasteiger partial charge is 0.442 e. The molecule has 2 N–H and O–H groups in total. The lowest BCUT2D eigenvalue weighted by molar-refractivity contribution is -0.704. The van der Waals surface area contributed by atoms with Crippen LogP contribution in [-0.2, 0) is 4.79 Å². The number of benzene rings is 2. The van der Waals surface area contributed by atoms with Crippen LogP contribution in [0.1, 0.15) is 6.92 Å². The van der Waals surface area contributed by atoms with Crippen LogP contribution in [0.5, 0.6) is 0 Å². The first kappa shape index (κ1) is 17.3. The van der Waals surface area contributed by atoms with Crippen molar-refractivity contribution in [3.63, 3.8) is 0 Å². The molecule has 3 rings (SSSR count). The van der Waals surface area contributed by atoms with E-state index in [-0.39, 0.29) is 5.91 Å². The maximum absolute atomic E-state index is 12.4. The molecule has 6 nitrogen and oxygen atoms in total. The van der Waals surface area contributed by atoms with Crippen LogP contribution in [0.2, 0.25) is 5.02 Å². The molecule has 0 aliphatic carbocycles. The van der Waals surface area contributed by atoms with Crippen molar-refractivity contribution in [1.82, 2.24) is 5.27 Å². The Hall–Kier alpha value is -2.51. The fraction of sp³-hybridized carbons (Fsp3) is 0.118. The van der Waals surface area contributed by atoms with Crippen molar-refractivity contribution in [2.75, 3.05) is 5.32 Å². The molecule has 0 saturated carbocycles. The van der Waals surface area contributed by atoms with Gasteiger partial charge in [-0.2, -0.15) is 0 Å². The molecule has 1 atom stereocenters. The van der Waals surface area contributed by atoms with Crippen molar-refractivity contribution in [2.24, 2.45) is 0 Å². The zero-order valence-electron chi connectivity index (χ0n) is 13.2. The molecule has 1 aromatic heterocycles. The lowest BCUT2D eigenvalue weighted by Crippen LogP contribution is -2.37. The zero-order valence-corrected chi connectivity index (χ0v) is 14.8. The minimum atomic E-state index is -0.528. The normalized spacial score (nSPS) is 11.9. The summed E-state index contributed by atoms with van der Waals surface area (Å²) in [5, 5.41) is 5.72. The van der Waals surface area contributed by atoms with Crippen LogP contribution >= 0.6 is 23.4 Å². The van der Waals surface area contributed by atoms with E-state index in [9.17, 15) is 9.59 Å². The van der Waals surface area contributed by atoms with E-state index in [2.05, 4.69) is 10.6 Å². The number of carbonyl (C=O) groups excluding carboxylic acids is 1. The number of nitrogens with one attached hydrogen (secondary N) is 2. The van der Waals surface area contributed by atoms with Crippen molar-refractivity contribution in [2.45, 2.75) is 17.2 Å². The summed E-state index contributed by atoms with van der Waals surface area (Å²) in [6.45, 7) is 1.72. The third kappa shape index (κ3) is 4.12. The minimum absolute atomic E-state index is 0.229. The molecule has 1 unspecified atom stereocenters. The second-order valence-electron chi connectivity index (χ2n) is 5.21. The monoisotopic (exact) mass is 376 g/mol. The number of carbonyl (C=O) groups is 1. The van der Waals surface area contributed by atoms with Gasteiger partial charge in [-0.25, -0.2) is 4.79 Å². The maximum Gasteiger partial charge on any atom is 0.442 e. The van der Waals surface area contributed by atoms with E-state index in [0.717, 1.165) is 17.4 Å². The first-order chi connectivity index (χ1) is 12.0. The fourth-order valence-electron chi connectivity index (χ4n) is 2.11. The summed E-state index contributed by atoms with van der Waals surface area (Å²) in [6.07, 6.45) is 0. The Labute approximate surface area is 152 Å². The van der Waals surface area contributed by atoms with Gasteiger partial charge in [0.15, 0.2) is 0 Å². The van der Waals surface area contributed by atoms with Crippen LogP contribution in [0.4, 0.5) is 5.69 Å². The Morgan fingerprint density at radius 1 is 1.20 bits per heavy atom. The van der Waals surface area contributed by atoms with E-state index in [1.807, 2.05) is 30.3 Å². The molecule has 0 saturated heterocycles. The second-order valence-corrected chi connectivity index (χ2v) is 6.98. The van der Waals surface area contributed by atoms with E-state index < -0.39 is 10.9 Å². The molecule has 0 fully saturated rings. The molecule has 0 spiro atoms. The number of amides is 1. The van der Waals surface area contributed by atoms with Gasteiger partial charge < -0.3 is 5.32 Å². The third-order valence-corrected chi connectivity index (χ3v) is 4.78. The smallest absolute Gasteiger partial charge is 0.325 e. The SMILES string of the molecule is CC(Sc1c(=O)o[nH][n+]1-c1ccccc1)C(=O)Nc1ccc(Cl)cc1. The molecule has 128 valence electrons. The Morgan fingerprint density at radius 3 is 2.56 bits per heavy atom. The Balaban J connectivity index is 1.76. The van der Waals surface area contributed by atoms with Crippen molar-refractivity contribution in [3.05, 3.63) is 70.0 Å². The van der Waals surface area contributed by atoms with Crippen molar-refractivity contribution < 1.29 is 14.0 Å². The average Bonchev–Trinajstić information content (AvgIpc) is 2.98.